The highest BCUT2D eigenvalue weighted by molar-refractivity contribution is 8.14. The summed E-state index contributed by atoms with van der Waals surface area (Å²) in [5.41, 5.74) is 6.68. The number of hydrogen-bond donors (Lipinski definition) is 2. The molecule has 2 aromatic carbocycles. The molecule has 144 valence electrons. The predicted octanol–water partition coefficient (Wildman–Crippen LogP) is 1.97. The van der Waals surface area contributed by atoms with Crippen molar-refractivity contribution in [1.29, 1.82) is 5.41 Å². The first kappa shape index (κ1) is 19.6. The topological polar surface area (TPSA) is 108 Å². The predicted molar refractivity (Wildman–Crippen MR) is 109 cm³/mol. The van der Waals surface area contributed by atoms with Crippen molar-refractivity contribution in [2.75, 3.05) is 10.7 Å². The fourth-order valence-corrected chi connectivity index (χ4v) is 3.53. The molecule has 28 heavy (non-hydrogen) atoms. The highest BCUT2D eigenvalue weighted by atomic mass is 32.2. The number of benzene rings is 2. The Bertz CT molecular complexity index is 889. The Labute approximate surface area is 167 Å². The summed E-state index contributed by atoms with van der Waals surface area (Å²) in [7, 11) is 0. The number of amidine groups is 1. The van der Waals surface area contributed by atoms with Crippen LogP contribution in [0.2, 0.25) is 0 Å². The molecule has 1 heterocycles. The van der Waals surface area contributed by atoms with Crippen LogP contribution < -0.4 is 10.6 Å². The third-order valence-electron chi connectivity index (χ3n) is 4.38. The lowest BCUT2D eigenvalue weighted by Gasteiger charge is -2.27. The van der Waals surface area contributed by atoms with Gasteiger partial charge >= 0.3 is 0 Å². The van der Waals surface area contributed by atoms with Gasteiger partial charge in [-0.1, -0.05) is 60.3 Å². The zero-order valence-corrected chi connectivity index (χ0v) is 15.9. The molecular weight excluding hydrogens is 376 g/mol. The van der Waals surface area contributed by atoms with Crippen LogP contribution in [0, 0.1) is 5.41 Å². The molecule has 0 unspecified atom stereocenters. The number of para-hydroxylation sites is 1. The first-order chi connectivity index (χ1) is 13.5. The second-order valence-corrected chi connectivity index (χ2v) is 7.30. The van der Waals surface area contributed by atoms with Gasteiger partial charge in [0.15, 0.2) is 5.17 Å². The highest BCUT2D eigenvalue weighted by Crippen LogP contribution is 2.27. The summed E-state index contributed by atoms with van der Waals surface area (Å²) in [6.45, 7) is 0.199. The minimum absolute atomic E-state index is 0.0640. The van der Waals surface area contributed by atoms with Crippen LogP contribution in [0.5, 0.6) is 0 Å². The maximum absolute atomic E-state index is 13.0. The van der Waals surface area contributed by atoms with E-state index in [0.717, 1.165) is 22.2 Å². The molecule has 1 aliphatic rings. The van der Waals surface area contributed by atoms with E-state index >= 15 is 0 Å². The number of anilines is 1. The fourth-order valence-electron chi connectivity index (χ4n) is 3.08. The minimum atomic E-state index is -0.882. The largest absolute Gasteiger partial charge is 0.379 e. The van der Waals surface area contributed by atoms with Gasteiger partial charge < -0.3 is 10.6 Å². The van der Waals surface area contributed by atoms with Crippen molar-refractivity contribution in [2.24, 2.45) is 5.73 Å². The van der Waals surface area contributed by atoms with E-state index in [-0.39, 0.29) is 35.7 Å². The van der Waals surface area contributed by atoms with Crippen LogP contribution in [0.3, 0.4) is 0 Å². The van der Waals surface area contributed by atoms with E-state index in [1.807, 2.05) is 30.3 Å². The Balaban J connectivity index is 1.86. The Kier molecular flexibility index (Phi) is 6.10. The number of carbonyl (C=O) groups is 3. The van der Waals surface area contributed by atoms with Crippen LogP contribution in [0.25, 0.3) is 0 Å². The highest BCUT2D eigenvalue weighted by Gasteiger charge is 2.44. The normalized spacial score (nSPS) is 16.3. The lowest BCUT2D eigenvalue weighted by atomic mass is 10.1. The van der Waals surface area contributed by atoms with E-state index in [0.29, 0.717) is 5.69 Å². The molecule has 1 fully saturated rings. The number of hydrogen-bond acceptors (Lipinski definition) is 5. The van der Waals surface area contributed by atoms with Gasteiger partial charge in [0.1, 0.15) is 6.04 Å². The summed E-state index contributed by atoms with van der Waals surface area (Å²) >= 11 is 0.896. The number of nitrogens with two attached hydrogens (primary N) is 1. The third kappa shape index (κ3) is 4.40. The maximum atomic E-state index is 13.0. The van der Waals surface area contributed by atoms with Crippen molar-refractivity contribution in [1.82, 2.24) is 4.90 Å². The van der Waals surface area contributed by atoms with Crippen LogP contribution in [0.4, 0.5) is 5.69 Å². The average molecular weight is 396 g/mol. The van der Waals surface area contributed by atoms with Gasteiger partial charge in [0.25, 0.3) is 5.91 Å². The zero-order chi connectivity index (χ0) is 20.1. The Hall–Kier alpha value is -3.13. The summed E-state index contributed by atoms with van der Waals surface area (Å²) < 4.78 is 0. The van der Waals surface area contributed by atoms with E-state index in [1.54, 1.807) is 30.3 Å². The Morgan fingerprint density at radius 1 is 1.11 bits per heavy atom. The number of amides is 3. The molecule has 0 saturated carbocycles. The van der Waals surface area contributed by atoms with Crippen LogP contribution in [0.15, 0.2) is 60.7 Å². The van der Waals surface area contributed by atoms with Crippen molar-refractivity contribution in [3.8, 4) is 0 Å². The fraction of sp³-hybridized carbons (Fsp3) is 0.200. The molecule has 1 saturated heterocycles. The standard InChI is InChI=1S/C20H20N4O3S/c21-20(22)28-13-18(26)23(12-14-7-3-1-4-8-14)16-11-17(25)24(19(16)27)15-9-5-2-6-10-15/h1-10,16H,11-13H2,(H3,21,22)/t16-/m1/s1. The van der Waals surface area contributed by atoms with Crippen LogP contribution in [0.1, 0.15) is 12.0 Å². The molecule has 8 heteroatoms. The van der Waals surface area contributed by atoms with Gasteiger partial charge in [-0.05, 0) is 17.7 Å². The molecule has 0 bridgehead atoms. The number of nitrogens with zero attached hydrogens (tertiary/aromatic N) is 2. The lowest BCUT2D eigenvalue weighted by Crippen LogP contribution is -2.46. The zero-order valence-electron chi connectivity index (χ0n) is 15.1. The molecule has 0 radical (unpaired) electrons. The molecular formula is C20H20N4O3S. The van der Waals surface area contributed by atoms with E-state index < -0.39 is 11.9 Å². The SMILES string of the molecule is N=C(N)SCC(=O)N(Cc1ccccc1)[C@@H]1CC(=O)N(c2ccccc2)C1=O. The van der Waals surface area contributed by atoms with Gasteiger partial charge in [0.2, 0.25) is 11.8 Å². The van der Waals surface area contributed by atoms with Gasteiger partial charge in [-0.25, -0.2) is 4.90 Å². The summed E-state index contributed by atoms with van der Waals surface area (Å²) in [6, 6.07) is 17.1. The van der Waals surface area contributed by atoms with Crippen LogP contribution in [-0.4, -0.2) is 39.6 Å². The Morgan fingerprint density at radius 2 is 1.71 bits per heavy atom. The summed E-state index contributed by atoms with van der Waals surface area (Å²) in [5.74, 6) is -1.17. The number of thioether (sulfide) groups is 1. The quantitative estimate of drug-likeness (QED) is 0.441. The van der Waals surface area contributed by atoms with Crippen molar-refractivity contribution >= 4 is 40.3 Å². The van der Waals surface area contributed by atoms with Gasteiger partial charge in [-0.3, -0.25) is 19.8 Å². The van der Waals surface area contributed by atoms with E-state index in [2.05, 4.69) is 0 Å². The van der Waals surface area contributed by atoms with Crippen LogP contribution >= 0.6 is 11.8 Å². The smallest absolute Gasteiger partial charge is 0.257 e. The van der Waals surface area contributed by atoms with Crippen molar-refractivity contribution in [2.45, 2.75) is 19.0 Å². The lowest BCUT2D eigenvalue weighted by molar-refractivity contribution is -0.136. The van der Waals surface area contributed by atoms with Crippen LogP contribution in [-0.2, 0) is 20.9 Å². The molecule has 0 aromatic heterocycles. The van der Waals surface area contributed by atoms with Gasteiger partial charge in [0, 0.05) is 6.54 Å². The molecule has 7 nitrogen and oxygen atoms in total. The first-order valence-corrected chi connectivity index (χ1v) is 9.68. The number of rotatable bonds is 6. The molecule has 3 N–H and O–H groups in total. The van der Waals surface area contributed by atoms with Crippen molar-refractivity contribution in [3.63, 3.8) is 0 Å². The van der Waals surface area contributed by atoms with E-state index in [4.69, 9.17) is 11.1 Å². The summed E-state index contributed by atoms with van der Waals surface area (Å²) in [5, 5.41) is 7.14. The summed E-state index contributed by atoms with van der Waals surface area (Å²) in [4.78, 5) is 40.9. The molecule has 0 spiro atoms. The second kappa shape index (κ2) is 8.71. The molecule has 1 aliphatic heterocycles. The van der Waals surface area contributed by atoms with Crippen molar-refractivity contribution in [3.05, 3.63) is 66.2 Å². The van der Waals surface area contributed by atoms with Gasteiger partial charge in [-0.15, -0.1) is 0 Å². The summed E-state index contributed by atoms with van der Waals surface area (Å²) in [6.07, 6.45) is -0.0724. The maximum Gasteiger partial charge on any atom is 0.257 e. The first-order valence-electron chi connectivity index (χ1n) is 8.69. The monoisotopic (exact) mass is 396 g/mol. The molecule has 3 amide bonds. The van der Waals surface area contributed by atoms with E-state index in [1.165, 1.54) is 4.90 Å². The number of imide groups is 1. The average Bonchev–Trinajstić information content (AvgIpc) is 2.99. The molecule has 0 aliphatic carbocycles. The molecule has 1 atom stereocenters. The van der Waals surface area contributed by atoms with E-state index in [9.17, 15) is 14.4 Å². The number of carbonyl (C=O) groups excluding carboxylic acids is 3. The Morgan fingerprint density at radius 3 is 2.32 bits per heavy atom. The second-order valence-electron chi connectivity index (χ2n) is 6.28. The number of nitrogens with one attached hydrogen (secondary N) is 1. The molecule has 3 rings (SSSR count). The van der Waals surface area contributed by atoms with Gasteiger partial charge in [-0.2, -0.15) is 0 Å². The van der Waals surface area contributed by atoms with Gasteiger partial charge in [0.05, 0.1) is 17.9 Å². The third-order valence-corrected chi connectivity index (χ3v) is 5.08. The minimum Gasteiger partial charge on any atom is -0.379 e. The molecule has 2 aromatic rings. The van der Waals surface area contributed by atoms with Crippen molar-refractivity contribution < 1.29 is 14.4 Å².